The zero-order chi connectivity index (χ0) is 15.5. The van der Waals surface area contributed by atoms with Gasteiger partial charge in [0.2, 0.25) is 0 Å². The van der Waals surface area contributed by atoms with E-state index < -0.39 is 6.10 Å². The predicted molar refractivity (Wildman–Crippen MR) is 80.3 cm³/mol. The van der Waals surface area contributed by atoms with Crippen LogP contribution in [0, 0.1) is 0 Å². The second kappa shape index (κ2) is 6.36. The Kier molecular flexibility index (Phi) is 4.29. The van der Waals surface area contributed by atoms with Gasteiger partial charge >= 0.3 is 0 Å². The molecule has 2 aromatic heterocycles. The van der Waals surface area contributed by atoms with E-state index in [1.54, 1.807) is 24.6 Å². The molecule has 0 spiro atoms. The average molecular weight is 303 g/mol. The van der Waals surface area contributed by atoms with Crippen LogP contribution in [0.25, 0.3) is 0 Å². The number of carbonyl (C=O) groups excluding carboxylic acids is 1. The number of hydrogen-bond acceptors (Lipinski definition) is 4. The maximum absolute atomic E-state index is 12.6. The van der Waals surface area contributed by atoms with Crippen molar-refractivity contribution in [1.82, 2.24) is 14.9 Å². The Morgan fingerprint density at radius 2 is 2.50 bits per heavy atom. The van der Waals surface area contributed by atoms with Gasteiger partial charge in [0.05, 0.1) is 12.5 Å². The number of nitrogens with zero attached hydrogens (tertiary/aromatic N) is 2. The van der Waals surface area contributed by atoms with Crippen LogP contribution in [0.2, 0.25) is 0 Å². The normalized spacial score (nSPS) is 19.5. The Labute approximate surface area is 129 Å². The van der Waals surface area contributed by atoms with E-state index in [2.05, 4.69) is 9.97 Å². The third-order valence-electron chi connectivity index (χ3n) is 4.20. The van der Waals surface area contributed by atoms with Crippen LogP contribution in [-0.2, 0) is 6.42 Å². The number of imidazole rings is 1. The van der Waals surface area contributed by atoms with Crippen molar-refractivity contribution in [3.63, 3.8) is 0 Å². The Morgan fingerprint density at radius 1 is 1.64 bits per heavy atom. The number of aryl methyl sites for hydroxylation is 1. The van der Waals surface area contributed by atoms with Crippen molar-refractivity contribution in [3.05, 3.63) is 41.9 Å². The number of carbonyl (C=O) groups is 1. The van der Waals surface area contributed by atoms with Gasteiger partial charge in [0.15, 0.2) is 0 Å². The monoisotopic (exact) mass is 303 g/mol. The number of aromatic nitrogens is 2. The lowest BCUT2D eigenvalue weighted by molar-refractivity contribution is 0.0636. The van der Waals surface area contributed by atoms with E-state index in [9.17, 15) is 9.90 Å². The van der Waals surface area contributed by atoms with Gasteiger partial charge in [-0.15, -0.1) is 0 Å². The Bertz CT molecular complexity index is 620. The quantitative estimate of drug-likeness (QED) is 0.888. The molecule has 0 aliphatic carbocycles. The molecule has 1 aliphatic heterocycles. The summed E-state index contributed by atoms with van der Waals surface area (Å²) in [7, 11) is 0. The molecule has 2 N–H and O–H groups in total. The van der Waals surface area contributed by atoms with Crippen LogP contribution in [0.5, 0.6) is 0 Å². The Balaban J connectivity index is 1.68. The molecule has 6 nitrogen and oxygen atoms in total. The largest absolute Gasteiger partial charge is 0.467 e. The van der Waals surface area contributed by atoms with E-state index in [0.29, 0.717) is 17.9 Å². The molecule has 1 saturated heterocycles. The predicted octanol–water partition coefficient (Wildman–Crippen LogP) is 2.29. The minimum absolute atomic E-state index is 0.0287. The van der Waals surface area contributed by atoms with Crippen LogP contribution in [0.4, 0.5) is 0 Å². The minimum atomic E-state index is -0.679. The summed E-state index contributed by atoms with van der Waals surface area (Å²) in [5.74, 6) is 1.32. The third kappa shape index (κ3) is 2.92. The molecule has 3 heterocycles. The average Bonchev–Trinajstić information content (AvgIpc) is 3.26. The van der Waals surface area contributed by atoms with Crippen LogP contribution in [0.1, 0.15) is 54.4 Å². The summed E-state index contributed by atoms with van der Waals surface area (Å²) in [5, 5.41) is 10.2. The molecule has 2 unspecified atom stereocenters. The van der Waals surface area contributed by atoms with Crippen LogP contribution in [0.3, 0.4) is 0 Å². The molecule has 0 bridgehead atoms. The molecule has 1 amide bonds. The van der Waals surface area contributed by atoms with Crippen molar-refractivity contribution in [1.29, 1.82) is 0 Å². The topological polar surface area (TPSA) is 82.4 Å². The number of aliphatic hydroxyl groups excluding tert-OH is 1. The lowest BCUT2D eigenvalue weighted by Gasteiger charge is -2.25. The molecule has 1 fully saturated rings. The van der Waals surface area contributed by atoms with Crippen molar-refractivity contribution < 1.29 is 14.3 Å². The fourth-order valence-corrected chi connectivity index (χ4v) is 3.01. The number of hydrogen-bond donors (Lipinski definition) is 2. The number of nitrogens with one attached hydrogen (secondary N) is 1. The lowest BCUT2D eigenvalue weighted by Crippen LogP contribution is -2.36. The molecule has 6 heteroatoms. The van der Waals surface area contributed by atoms with E-state index in [-0.39, 0.29) is 11.9 Å². The van der Waals surface area contributed by atoms with Crippen LogP contribution in [0.15, 0.2) is 29.0 Å². The molecular weight excluding hydrogens is 282 g/mol. The van der Waals surface area contributed by atoms with E-state index >= 15 is 0 Å². The summed E-state index contributed by atoms with van der Waals surface area (Å²) in [6, 6.07) is 3.54. The smallest absolute Gasteiger partial charge is 0.272 e. The first-order valence-corrected chi connectivity index (χ1v) is 7.75. The highest BCUT2D eigenvalue weighted by Gasteiger charge is 2.32. The highest BCUT2D eigenvalue weighted by molar-refractivity contribution is 5.92. The van der Waals surface area contributed by atoms with Crippen LogP contribution in [-0.4, -0.2) is 38.5 Å². The second-order valence-electron chi connectivity index (χ2n) is 5.66. The van der Waals surface area contributed by atoms with Gasteiger partial charge in [-0.05, 0) is 25.0 Å². The second-order valence-corrected chi connectivity index (χ2v) is 5.66. The molecule has 1 aliphatic rings. The molecule has 22 heavy (non-hydrogen) atoms. The van der Waals surface area contributed by atoms with E-state index in [4.69, 9.17) is 4.42 Å². The van der Waals surface area contributed by atoms with Crippen LogP contribution >= 0.6 is 0 Å². The maximum atomic E-state index is 12.6. The number of aliphatic hydroxyl groups is 1. The molecule has 3 rings (SSSR count). The summed E-state index contributed by atoms with van der Waals surface area (Å²) in [6.07, 6.45) is 5.59. The van der Waals surface area contributed by atoms with Gasteiger partial charge in [-0.3, -0.25) is 4.79 Å². The first kappa shape index (κ1) is 14.8. The van der Waals surface area contributed by atoms with Crippen molar-refractivity contribution in [2.75, 3.05) is 6.54 Å². The lowest BCUT2D eigenvalue weighted by atomic mass is 10.0. The Hall–Kier alpha value is -2.08. The van der Waals surface area contributed by atoms with Gasteiger partial charge in [0, 0.05) is 25.4 Å². The van der Waals surface area contributed by atoms with E-state index in [0.717, 1.165) is 31.6 Å². The molecule has 0 aromatic carbocycles. The van der Waals surface area contributed by atoms with Gasteiger partial charge in [0.1, 0.15) is 23.4 Å². The number of aromatic amines is 1. The minimum Gasteiger partial charge on any atom is -0.467 e. The number of H-pyrrole nitrogens is 1. The van der Waals surface area contributed by atoms with Crippen LogP contribution < -0.4 is 0 Å². The van der Waals surface area contributed by atoms with Gasteiger partial charge in [-0.25, -0.2) is 4.98 Å². The summed E-state index contributed by atoms with van der Waals surface area (Å²) in [5.41, 5.74) is 0.524. The highest BCUT2D eigenvalue weighted by atomic mass is 16.4. The number of amides is 1. The number of likely N-dealkylation sites (tertiary alicyclic amines) is 1. The molecule has 2 aromatic rings. The maximum Gasteiger partial charge on any atom is 0.272 e. The fourth-order valence-electron chi connectivity index (χ4n) is 3.01. The first-order chi connectivity index (χ1) is 10.7. The van der Waals surface area contributed by atoms with Crippen molar-refractivity contribution in [3.8, 4) is 0 Å². The first-order valence-electron chi connectivity index (χ1n) is 7.75. The molecular formula is C16H21N3O3. The third-order valence-corrected chi connectivity index (χ3v) is 4.20. The molecule has 2 atom stereocenters. The summed E-state index contributed by atoms with van der Waals surface area (Å²) >= 11 is 0. The highest BCUT2D eigenvalue weighted by Crippen LogP contribution is 2.28. The standard InChI is InChI=1S/C16H21N3O3/c1-2-15-17-10-12(18-15)16(21)19-7-3-5-11(19)9-13(20)14-6-4-8-22-14/h4,6,8,10-11,13,20H,2-3,5,7,9H2,1H3,(H,17,18). The van der Waals surface area contributed by atoms with E-state index in [1.165, 1.54) is 0 Å². The fraction of sp³-hybridized carbons (Fsp3) is 0.500. The van der Waals surface area contributed by atoms with Crippen molar-refractivity contribution in [2.24, 2.45) is 0 Å². The Morgan fingerprint density at radius 3 is 3.18 bits per heavy atom. The SMILES string of the molecule is CCc1ncc(C(=O)N2CCCC2CC(O)c2ccco2)[nH]1. The van der Waals surface area contributed by atoms with Gasteiger partial charge in [-0.2, -0.15) is 0 Å². The van der Waals surface area contributed by atoms with Gasteiger partial charge in [0.25, 0.3) is 5.91 Å². The number of rotatable bonds is 5. The van der Waals surface area contributed by atoms with Gasteiger partial charge in [-0.1, -0.05) is 6.92 Å². The van der Waals surface area contributed by atoms with Crippen molar-refractivity contribution in [2.45, 2.75) is 44.8 Å². The molecule has 0 radical (unpaired) electrons. The number of furan rings is 1. The van der Waals surface area contributed by atoms with Gasteiger partial charge < -0.3 is 19.4 Å². The summed E-state index contributed by atoms with van der Waals surface area (Å²) < 4.78 is 5.23. The summed E-state index contributed by atoms with van der Waals surface area (Å²) in [4.78, 5) is 21.7. The zero-order valence-corrected chi connectivity index (χ0v) is 12.7. The summed E-state index contributed by atoms with van der Waals surface area (Å²) in [6.45, 7) is 2.71. The zero-order valence-electron chi connectivity index (χ0n) is 12.7. The molecule has 118 valence electrons. The molecule has 0 saturated carbocycles. The van der Waals surface area contributed by atoms with E-state index in [1.807, 2.05) is 11.8 Å². The van der Waals surface area contributed by atoms with Crippen molar-refractivity contribution >= 4 is 5.91 Å².